The Morgan fingerprint density at radius 1 is 0.535 bits per heavy atom. The Morgan fingerprint density at radius 2 is 0.907 bits per heavy atom. The van der Waals surface area contributed by atoms with Crippen LogP contribution in [0.1, 0.15) is 66.4 Å². The van der Waals surface area contributed by atoms with Gasteiger partial charge in [0.2, 0.25) is 0 Å². The van der Waals surface area contributed by atoms with E-state index in [1.54, 1.807) is 12.1 Å². The number of carbonyl (C=O) groups excluding carboxylic acids is 4. The molecule has 0 saturated carbocycles. The first-order valence-corrected chi connectivity index (χ1v) is 13.3. The van der Waals surface area contributed by atoms with Crippen molar-refractivity contribution in [3.05, 3.63) is 118 Å². The van der Waals surface area contributed by atoms with Crippen LogP contribution >= 0.6 is 0 Å². The molecule has 0 atom stereocenters. The molecule has 0 unspecified atom stereocenters. The minimum absolute atomic E-state index is 0.0831. The SMILES string of the molecule is CN1C(=O)c2ccc(Oc3ccc(C(C)(C)c4ccc(Oc5ccc6c(c5)C(=O)N(C)C6=O)c(F)c4)cc3F)cc2C1=O. The van der Waals surface area contributed by atoms with E-state index in [2.05, 4.69) is 0 Å². The lowest BCUT2D eigenvalue weighted by Crippen LogP contribution is -2.24. The lowest BCUT2D eigenvalue weighted by atomic mass is 9.78. The van der Waals surface area contributed by atoms with E-state index >= 15 is 8.78 Å². The molecule has 4 aromatic rings. The highest BCUT2D eigenvalue weighted by molar-refractivity contribution is 6.22. The molecule has 8 nitrogen and oxygen atoms in total. The Morgan fingerprint density at radius 3 is 1.28 bits per heavy atom. The summed E-state index contributed by atoms with van der Waals surface area (Å²) >= 11 is 0. The van der Waals surface area contributed by atoms with E-state index in [4.69, 9.17) is 9.47 Å². The van der Waals surface area contributed by atoms with Gasteiger partial charge in [-0.2, -0.15) is 0 Å². The largest absolute Gasteiger partial charge is 0.454 e. The van der Waals surface area contributed by atoms with Gasteiger partial charge in [0, 0.05) is 19.5 Å². The number of fused-ring (bicyclic) bond motifs is 2. The van der Waals surface area contributed by atoms with Crippen molar-refractivity contribution < 1.29 is 37.4 Å². The molecule has 2 heterocycles. The third-order valence-corrected chi connectivity index (χ3v) is 7.88. The maximum absolute atomic E-state index is 15.2. The van der Waals surface area contributed by atoms with Gasteiger partial charge in [-0.15, -0.1) is 0 Å². The number of hydrogen-bond acceptors (Lipinski definition) is 6. The van der Waals surface area contributed by atoms with E-state index < -0.39 is 40.7 Å². The quantitative estimate of drug-likeness (QED) is 0.247. The summed E-state index contributed by atoms with van der Waals surface area (Å²) in [4.78, 5) is 50.8. The molecule has 0 N–H and O–H groups in total. The van der Waals surface area contributed by atoms with E-state index in [1.807, 2.05) is 13.8 Å². The number of carbonyl (C=O) groups is 4. The van der Waals surface area contributed by atoms with E-state index in [0.29, 0.717) is 11.1 Å². The van der Waals surface area contributed by atoms with Crippen LogP contribution in [0.15, 0.2) is 72.8 Å². The minimum atomic E-state index is -0.825. The molecule has 6 rings (SSSR count). The molecule has 0 aromatic heterocycles. The number of benzene rings is 4. The lowest BCUT2D eigenvalue weighted by molar-refractivity contribution is 0.0677. The molecule has 4 aromatic carbocycles. The zero-order valence-electron chi connectivity index (χ0n) is 23.5. The molecule has 10 heteroatoms. The highest BCUT2D eigenvalue weighted by Crippen LogP contribution is 2.38. The van der Waals surface area contributed by atoms with E-state index in [9.17, 15) is 19.2 Å². The fourth-order valence-corrected chi connectivity index (χ4v) is 5.17. The first-order chi connectivity index (χ1) is 20.4. The second-order valence-corrected chi connectivity index (χ2v) is 10.9. The molecule has 0 bridgehead atoms. The van der Waals surface area contributed by atoms with Gasteiger partial charge in [0.1, 0.15) is 11.5 Å². The van der Waals surface area contributed by atoms with Gasteiger partial charge in [-0.3, -0.25) is 29.0 Å². The van der Waals surface area contributed by atoms with E-state index in [1.165, 1.54) is 74.8 Å². The van der Waals surface area contributed by atoms with Crippen LogP contribution in [-0.2, 0) is 5.41 Å². The fraction of sp³-hybridized carbons (Fsp3) is 0.152. The van der Waals surface area contributed by atoms with Gasteiger partial charge in [0.15, 0.2) is 23.1 Å². The molecule has 0 radical (unpaired) electrons. The zero-order valence-corrected chi connectivity index (χ0v) is 23.5. The third-order valence-electron chi connectivity index (χ3n) is 7.88. The highest BCUT2D eigenvalue weighted by atomic mass is 19.1. The van der Waals surface area contributed by atoms with Gasteiger partial charge in [-0.05, 0) is 71.8 Å². The van der Waals surface area contributed by atoms with E-state index in [0.717, 1.165) is 9.80 Å². The number of rotatable bonds is 6. The summed E-state index contributed by atoms with van der Waals surface area (Å²) in [6.45, 7) is 3.63. The number of amides is 4. The highest BCUT2D eigenvalue weighted by Gasteiger charge is 2.34. The van der Waals surface area contributed by atoms with Crippen molar-refractivity contribution in [1.82, 2.24) is 9.80 Å². The van der Waals surface area contributed by atoms with Crippen molar-refractivity contribution in [2.24, 2.45) is 0 Å². The predicted octanol–water partition coefficient (Wildman–Crippen LogP) is 6.33. The second kappa shape index (κ2) is 9.87. The van der Waals surface area contributed by atoms with Crippen LogP contribution in [0.2, 0.25) is 0 Å². The number of hydrogen-bond donors (Lipinski definition) is 0. The minimum Gasteiger partial charge on any atom is -0.454 e. The Kier molecular flexibility index (Phi) is 6.37. The Balaban J connectivity index is 1.21. The van der Waals surface area contributed by atoms with Crippen LogP contribution in [0.4, 0.5) is 8.78 Å². The summed E-state index contributed by atoms with van der Waals surface area (Å²) < 4.78 is 41.8. The molecule has 4 amide bonds. The Hall–Kier alpha value is -5.38. The smallest absolute Gasteiger partial charge is 0.261 e. The maximum atomic E-state index is 15.2. The number of imide groups is 2. The monoisotopic (exact) mass is 582 g/mol. The topological polar surface area (TPSA) is 93.2 Å². The van der Waals surface area contributed by atoms with Crippen molar-refractivity contribution in [2.75, 3.05) is 14.1 Å². The Bertz CT molecular complexity index is 1770. The average Bonchev–Trinajstić information content (AvgIpc) is 3.33. The molecule has 43 heavy (non-hydrogen) atoms. The van der Waals surface area contributed by atoms with Gasteiger partial charge in [0.25, 0.3) is 23.6 Å². The summed E-state index contributed by atoms with van der Waals surface area (Å²) in [7, 11) is 2.77. The van der Waals surface area contributed by atoms with Crippen LogP contribution < -0.4 is 9.47 Å². The lowest BCUT2D eigenvalue weighted by Gasteiger charge is -2.27. The molecule has 0 saturated heterocycles. The normalized spacial score (nSPS) is 14.4. The molecular weight excluding hydrogens is 558 g/mol. The van der Waals surface area contributed by atoms with Gasteiger partial charge in [-0.1, -0.05) is 26.0 Å². The molecule has 216 valence electrons. The van der Waals surface area contributed by atoms with Crippen molar-refractivity contribution in [2.45, 2.75) is 19.3 Å². The fourth-order valence-electron chi connectivity index (χ4n) is 5.17. The van der Waals surface area contributed by atoms with Crippen LogP contribution in [0.5, 0.6) is 23.0 Å². The molecule has 0 fully saturated rings. The summed E-state index contributed by atoms with van der Waals surface area (Å²) in [6.07, 6.45) is 0. The van der Waals surface area contributed by atoms with Crippen LogP contribution in [0.3, 0.4) is 0 Å². The van der Waals surface area contributed by atoms with Gasteiger partial charge in [-0.25, -0.2) is 8.78 Å². The standard InChI is InChI=1S/C33H24F2N2O6/c1-33(2,17-5-11-27(25(34)13-17)42-19-7-9-21-23(15-19)31(40)36(3)29(21)38)18-6-12-28(26(35)14-18)43-20-8-10-22-24(16-20)32(41)37(4)30(22)39/h5-16H,1-4H3. The number of nitrogens with zero attached hydrogens (tertiary/aromatic N) is 2. The molecular formula is C33H24F2N2O6. The van der Waals surface area contributed by atoms with Gasteiger partial charge >= 0.3 is 0 Å². The first-order valence-electron chi connectivity index (χ1n) is 13.3. The zero-order chi connectivity index (χ0) is 30.8. The van der Waals surface area contributed by atoms with Gasteiger partial charge in [0.05, 0.1) is 22.3 Å². The summed E-state index contributed by atoms with van der Waals surface area (Å²) in [5, 5.41) is 0. The van der Waals surface area contributed by atoms with Crippen molar-refractivity contribution in [3.8, 4) is 23.0 Å². The first kappa shape index (κ1) is 27.8. The van der Waals surface area contributed by atoms with Crippen molar-refractivity contribution in [1.29, 1.82) is 0 Å². The molecule has 0 spiro atoms. The van der Waals surface area contributed by atoms with Crippen molar-refractivity contribution in [3.63, 3.8) is 0 Å². The van der Waals surface area contributed by atoms with E-state index in [-0.39, 0.29) is 45.3 Å². The summed E-state index contributed by atoms with van der Waals surface area (Å²) in [5.41, 5.74) is 1.16. The molecule has 0 aliphatic carbocycles. The van der Waals surface area contributed by atoms with Crippen LogP contribution in [0.25, 0.3) is 0 Å². The second-order valence-electron chi connectivity index (χ2n) is 10.9. The number of halogens is 2. The number of ether oxygens (including phenoxy) is 2. The predicted molar refractivity (Wildman–Crippen MR) is 151 cm³/mol. The molecule has 2 aliphatic heterocycles. The third kappa shape index (κ3) is 4.51. The van der Waals surface area contributed by atoms with Gasteiger partial charge < -0.3 is 9.47 Å². The maximum Gasteiger partial charge on any atom is 0.261 e. The Labute approximate surface area is 245 Å². The summed E-state index contributed by atoms with van der Waals surface area (Å²) in [5.74, 6) is -2.84. The van der Waals surface area contributed by atoms with Crippen molar-refractivity contribution >= 4 is 23.6 Å². The molecule has 2 aliphatic rings. The average molecular weight is 583 g/mol. The van der Waals surface area contributed by atoms with Crippen LogP contribution in [-0.4, -0.2) is 47.5 Å². The summed E-state index contributed by atoms with van der Waals surface area (Å²) in [6, 6.07) is 17.5. The van der Waals surface area contributed by atoms with Crippen LogP contribution in [0, 0.1) is 11.6 Å².